The first-order valence-corrected chi connectivity index (χ1v) is 7.93. The molecule has 1 atom stereocenters. The van der Waals surface area contributed by atoms with E-state index in [9.17, 15) is 0 Å². The molecule has 102 valence electrons. The number of hydrogen-bond donors (Lipinski definition) is 1. The summed E-state index contributed by atoms with van der Waals surface area (Å²) in [5.74, 6) is 2.59. The second kappa shape index (κ2) is 7.92. The molecule has 0 amide bonds. The molecule has 0 aliphatic rings. The molecule has 0 radical (unpaired) electrons. The Hall–Kier alpha value is -0.390. The van der Waals surface area contributed by atoms with Gasteiger partial charge in [-0.1, -0.05) is 0 Å². The van der Waals surface area contributed by atoms with Gasteiger partial charge in [-0.2, -0.15) is 11.8 Å². The van der Waals surface area contributed by atoms with Crippen molar-refractivity contribution in [1.29, 1.82) is 0 Å². The summed E-state index contributed by atoms with van der Waals surface area (Å²) in [7, 11) is 3.29. The van der Waals surface area contributed by atoms with Gasteiger partial charge < -0.3 is 14.8 Å². The summed E-state index contributed by atoms with van der Waals surface area (Å²) in [6.07, 6.45) is 2.12. The lowest BCUT2D eigenvalue weighted by atomic mass is 10.2. The highest BCUT2D eigenvalue weighted by Gasteiger charge is 2.10. The maximum Gasteiger partial charge on any atom is 0.174 e. The molecule has 0 heterocycles. The molecule has 0 saturated heterocycles. The standard InChI is InChI=1S/C13H20BrNO2S/c1-9(8-18-4)15-7-10-5-11(14)13(17-3)12(6-10)16-2/h5-6,9,15H,7-8H2,1-4H3. The monoisotopic (exact) mass is 333 g/mol. The third kappa shape index (κ3) is 4.37. The Morgan fingerprint density at radius 1 is 1.33 bits per heavy atom. The van der Waals surface area contributed by atoms with Crippen LogP contribution >= 0.6 is 27.7 Å². The predicted octanol–water partition coefficient (Wildman–Crippen LogP) is 3.31. The summed E-state index contributed by atoms with van der Waals surface area (Å²) in [6, 6.07) is 4.55. The first-order chi connectivity index (χ1) is 8.62. The van der Waals surface area contributed by atoms with Crippen molar-refractivity contribution >= 4 is 27.7 Å². The van der Waals surface area contributed by atoms with Crippen LogP contribution in [0, 0.1) is 0 Å². The van der Waals surface area contributed by atoms with Crippen molar-refractivity contribution in [2.24, 2.45) is 0 Å². The first-order valence-electron chi connectivity index (χ1n) is 5.75. The van der Waals surface area contributed by atoms with Gasteiger partial charge in [-0.3, -0.25) is 0 Å². The van der Waals surface area contributed by atoms with Gasteiger partial charge in [0.2, 0.25) is 0 Å². The molecular weight excluding hydrogens is 314 g/mol. The zero-order chi connectivity index (χ0) is 13.5. The topological polar surface area (TPSA) is 30.5 Å². The van der Waals surface area contributed by atoms with Gasteiger partial charge in [-0.25, -0.2) is 0 Å². The van der Waals surface area contributed by atoms with Crippen molar-refractivity contribution in [3.63, 3.8) is 0 Å². The van der Waals surface area contributed by atoms with E-state index in [1.165, 1.54) is 5.56 Å². The van der Waals surface area contributed by atoms with Crippen LogP contribution in [0.15, 0.2) is 16.6 Å². The molecule has 0 aliphatic heterocycles. The maximum absolute atomic E-state index is 5.33. The van der Waals surface area contributed by atoms with Gasteiger partial charge in [0.1, 0.15) is 0 Å². The zero-order valence-electron chi connectivity index (χ0n) is 11.2. The molecule has 1 aromatic rings. The number of rotatable bonds is 7. The van der Waals surface area contributed by atoms with E-state index < -0.39 is 0 Å². The van der Waals surface area contributed by atoms with Gasteiger partial charge >= 0.3 is 0 Å². The molecule has 1 rings (SSSR count). The van der Waals surface area contributed by atoms with Crippen molar-refractivity contribution in [2.45, 2.75) is 19.5 Å². The number of thioether (sulfide) groups is 1. The lowest BCUT2D eigenvalue weighted by molar-refractivity contribution is 0.352. The van der Waals surface area contributed by atoms with Crippen LogP contribution in [0.5, 0.6) is 11.5 Å². The van der Waals surface area contributed by atoms with E-state index in [0.717, 1.165) is 28.3 Å². The van der Waals surface area contributed by atoms with Crippen LogP contribution in [0.3, 0.4) is 0 Å². The first kappa shape index (κ1) is 15.7. The van der Waals surface area contributed by atoms with E-state index in [2.05, 4.69) is 40.5 Å². The fraction of sp³-hybridized carbons (Fsp3) is 0.538. The van der Waals surface area contributed by atoms with Gasteiger partial charge in [0.05, 0.1) is 18.7 Å². The maximum atomic E-state index is 5.33. The minimum absolute atomic E-state index is 0.492. The number of ether oxygens (including phenoxy) is 2. The quantitative estimate of drug-likeness (QED) is 0.829. The Morgan fingerprint density at radius 3 is 2.61 bits per heavy atom. The SMILES string of the molecule is COc1cc(CNC(C)CSC)cc(Br)c1OC. The molecular formula is C13H20BrNO2S. The smallest absolute Gasteiger partial charge is 0.174 e. The van der Waals surface area contributed by atoms with E-state index in [1.807, 2.05) is 17.8 Å². The van der Waals surface area contributed by atoms with Crippen molar-refractivity contribution in [3.8, 4) is 11.5 Å². The average molecular weight is 334 g/mol. The summed E-state index contributed by atoms with van der Waals surface area (Å²) in [5, 5.41) is 3.48. The minimum atomic E-state index is 0.492. The van der Waals surface area contributed by atoms with Gasteiger partial charge in [0.15, 0.2) is 11.5 Å². The highest BCUT2D eigenvalue weighted by atomic mass is 79.9. The largest absolute Gasteiger partial charge is 0.493 e. The molecule has 5 heteroatoms. The van der Waals surface area contributed by atoms with Crippen LogP contribution in [0.25, 0.3) is 0 Å². The molecule has 1 unspecified atom stereocenters. The Labute approximate surface area is 122 Å². The van der Waals surface area contributed by atoms with Crippen LogP contribution in [-0.2, 0) is 6.54 Å². The third-order valence-electron chi connectivity index (χ3n) is 2.56. The number of hydrogen-bond acceptors (Lipinski definition) is 4. The molecule has 1 N–H and O–H groups in total. The summed E-state index contributed by atoms with van der Waals surface area (Å²) in [4.78, 5) is 0. The van der Waals surface area contributed by atoms with Crippen molar-refractivity contribution < 1.29 is 9.47 Å². The average Bonchev–Trinajstić information content (AvgIpc) is 2.36. The van der Waals surface area contributed by atoms with Gasteiger partial charge in [0.25, 0.3) is 0 Å². The predicted molar refractivity (Wildman–Crippen MR) is 81.9 cm³/mol. The lowest BCUT2D eigenvalue weighted by Gasteiger charge is -2.15. The van der Waals surface area contributed by atoms with Crippen molar-refractivity contribution in [1.82, 2.24) is 5.32 Å². The number of halogens is 1. The van der Waals surface area contributed by atoms with Crippen LogP contribution in [0.2, 0.25) is 0 Å². The second-order valence-corrected chi connectivity index (χ2v) is 5.82. The molecule has 0 saturated carbocycles. The number of benzene rings is 1. The Bertz CT molecular complexity index is 387. The van der Waals surface area contributed by atoms with E-state index in [4.69, 9.17) is 9.47 Å². The van der Waals surface area contributed by atoms with Crippen LogP contribution < -0.4 is 14.8 Å². The highest BCUT2D eigenvalue weighted by Crippen LogP contribution is 2.36. The summed E-state index contributed by atoms with van der Waals surface area (Å²) < 4.78 is 11.5. The van der Waals surface area contributed by atoms with Crippen molar-refractivity contribution in [2.75, 3.05) is 26.2 Å². The number of methoxy groups -OCH3 is 2. The van der Waals surface area contributed by atoms with Crippen LogP contribution in [-0.4, -0.2) is 32.3 Å². The minimum Gasteiger partial charge on any atom is -0.493 e. The number of nitrogens with one attached hydrogen (secondary N) is 1. The zero-order valence-corrected chi connectivity index (χ0v) is 13.7. The molecule has 0 fully saturated rings. The van der Waals surface area contributed by atoms with E-state index in [1.54, 1.807) is 14.2 Å². The van der Waals surface area contributed by atoms with E-state index in [-0.39, 0.29) is 0 Å². The van der Waals surface area contributed by atoms with Crippen LogP contribution in [0.4, 0.5) is 0 Å². The Kier molecular flexibility index (Phi) is 6.89. The molecule has 1 aromatic carbocycles. The van der Waals surface area contributed by atoms with Crippen molar-refractivity contribution in [3.05, 3.63) is 22.2 Å². The summed E-state index contributed by atoms with van der Waals surface area (Å²) >= 11 is 5.35. The lowest BCUT2D eigenvalue weighted by Crippen LogP contribution is -2.27. The molecule has 0 bridgehead atoms. The Morgan fingerprint density at radius 2 is 2.06 bits per heavy atom. The normalized spacial score (nSPS) is 12.3. The third-order valence-corrected chi connectivity index (χ3v) is 3.99. The van der Waals surface area contributed by atoms with Crippen LogP contribution in [0.1, 0.15) is 12.5 Å². The fourth-order valence-electron chi connectivity index (χ4n) is 1.67. The van der Waals surface area contributed by atoms with Gasteiger partial charge in [0, 0.05) is 18.3 Å². The van der Waals surface area contributed by atoms with E-state index >= 15 is 0 Å². The summed E-state index contributed by atoms with van der Waals surface area (Å²) in [6.45, 7) is 3.01. The highest BCUT2D eigenvalue weighted by molar-refractivity contribution is 9.10. The Balaban J connectivity index is 2.75. The molecule has 0 spiro atoms. The molecule has 0 aromatic heterocycles. The fourth-order valence-corrected chi connectivity index (χ4v) is 2.94. The molecule has 0 aliphatic carbocycles. The second-order valence-electron chi connectivity index (χ2n) is 4.05. The van der Waals surface area contributed by atoms with E-state index in [0.29, 0.717) is 6.04 Å². The molecule has 18 heavy (non-hydrogen) atoms. The van der Waals surface area contributed by atoms with Gasteiger partial charge in [-0.15, -0.1) is 0 Å². The molecule has 3 nitrogen and oxygen atoms in total. The summed E-state index contributed by atoms with van der Waals surface area (Å²) in [5.41, 5.74) is 1.17. The van der Waals surface area contributed by atoms with Gasteiger partial charge in [-0.05, 0) is 46.8 Å².